The first kappa shape index (κ1) is 15.6. The van der Waals surface area contributed by atoms with Crippen LogP contribution in [0.1, 0.15) is 50.7 Å². The number of carbonyl (C=O) groups is 2. The van der Waals surface area contributed by atoms with E-state index in [2.05, 4.69) is 17.1 Å². The van der Waals surface area contributed by atoms with Gasteiger partial charge in [-0.2, -0.15) is 0 Å². The van der Waals surface area contributed by atoms with E-state index < -0.39 is 5.97 Å². The van der Waals surface area contributed by atoms with Crippen molar-refractivity contribution in [1.82, 2.24) is 4.98 Å². The highest BCUT2D eigenvalue weighted by Gasteiger charge is 2.31. The zero-order valence-electron chi connectivity index (χ0n) is 14.0. The molecule has 0 radical (unpaired) electrons. The highest BCUT2D eigenvalue weighted by atomic mass is 16.5. The van der Waals surface area contributed by atoms with Gasteiger partial charge in [0.25, 0.3) is 0 Å². The number of esters is 1. The normalized spacial score (nSPS) is 16.7. The summed E-state index contributed by atoms with van der Waals surface area (Å²) in [5.74, 6) is -0.0692. The lowest BCUT2D eigenvalue weighted by Crippen LogP contribution is -2.17. The molecule has 1 aromatic heterocycles. The minimum Gasteiger partial charge on any atom is -0.465 e. The number of rotatable bonds is 3. The molecular formula is C21H19NO3. The summed E-state index contributed by atoms with van der Waals surface area (Å²) in [5, 5.41) is 0.701. The van der Waals surface area contributed by atoms with Gasteiger partial charge in [-0.25, -0.2) is 4.79 Å². The Hall–Kier alpha value is -2.88. The molecule has 0 saturated heterocycles. The van der Waals surface area contributed by atoms with Gasteiger partial charge in [0.1, 0.15) is 0 Å². The van der Waals surface area contributed by atoms with Gasteiger partial charge in [-0.15, -0.1) is 0 Å². The summed E-state index contributed by atoms with van der Waals surface area (Å²) < 4.78 is 4.90. The van der Waals surface area contributed by atoms with Crippen LogP contribution in [0.25, 0.3) is 10.9 Å². The van der Waals surface area contributed by atoms with E-state index in [4.69, 9.17) is 4.74 Å². The molecule has 0 amide bonds. The molecule has 2 aromatic carbocycles. The maximum Gasteiger partial charge on any atom is 0.338 e. The lowest BCUT2D eigenvalue weighted by Gasteiger charge is -2.22. The number of H-pyrrole nitrogens is 1. The van der Waals surface area contributed by atoms with Crippen LogP contribution in [0.5, 0.6) is 0 Å². The average molecular weight is 333 g/mol. The van der Waals surface area contributed by atoms with E-state index in [0.717, 1.165) is 24.1 Å². The second-order valence-electron chi connectivity index (χ2n) is 6.48. The number of fused-ring (bicyclic) bond motifs is 3. The molecule has 3 aromatic rings. The monoisotopic (exact) mass is 333 g/mol. The Morgan fingerprint density at radius 2 is 1.96 bits per heavy atom. The molecule has 0 saturated carbocycles. The third kappa shape index (κ3) is 2.64. The first-order valence-corrected chi connectivity index (χ1v) is 8.49. The number of aromatic nitrogens is 1. The first-order chi connectivity index (χ1) is 12.2. The van der Waals surface area contributed by atoms with Crippen LogP contribution >= 0.6 is 0 Å². The molecule has 0 aliphatic heterocycles. The van der Waals surface area contributed by atoms with Crippen molar-refractivity contribution in [3.8, 4) is 0 Å². The van der Waals surface area contributed by atoms with Crippen LogP contribution in [0.4, 0.5) is 0 Å². The Kier molecular flexibility index (Phi) is 3.88. The summed E-state index contributed by atoms with van der Waals surface area (Å²) in [7, 11) is 1.36. The van der Waals surface area contributed by atoms with Crippen molar-refractivity contribution < 1.29 is 14.3 Å². The highest BCUT2D eigenvalue weighted by molar-refractivity contribution is 6.16. The summed E-state index contributed by atoms with van der Waals surface area (Å²) in [6.45, 7) is 0. The lowest BCUT2D eigenvalue weighted by atomic mass is 9.82. The molecule has 1 atom stereocenters. The van der Waals surface area contributed by atoms with Gasteiger partial charge in [0.05, 0.1) is 12.7 Å². The summed E-state index contributed by atoms with van der Waals surface area (Å²) in [6, 6.07) is 15.7. The average Bonchev–Trinajstić information content (AvgIpc) is 3.05. The molecule has 4 rings (SSSR count). The first-order valence-electron chi connectivity index (χ1n) is 8.49. The molecule has 1 N–H and O–H groups in total. The molecule has 4 nitrogen and oxygen atoms in total. The Morgan fingerprint density at radius 3 is 2.72 bits per heavy atom. The van der Waals surface area contributed by atoms with Gasteiger partial charge >= 0.3 is 5.97 Å². The minimum absolute atomic E-state index is 0.0990. The number of nitrogens with one attached hydrogen (secondary N) is 1. The number of Topliss-reactive ketones (excluding diaryl/α,β-unsaturated/α-hetero) is 1. The molecular weight excluding hydrogens is 314 g/mol. The summed E-state index contributed by atoms with van der Waals surface area (Å²) in [6.07, 6.45) is 2.20. The van der Waals surface area contributed by atoms with Gasteiger partial charge in [-0.3, -0.25) is 4.79 Å². The van der Waals surface area contributed by atoms with Gasteiger partial charge in [-0.05, 0) is 30.5 Å². The lowest BCUT2D eigenvalue weighted by molar-refractivity contribution is 0.0603. The molecule has 1 unspecified atom stereocenters. The van der Waals surface area contributed by atoms with E-state index in [1.807, 2.05) is 30.3 Å². The number of carbonyl (C=O) groups excluding carboxylic acids is 2. The van der Waals surface area contributed by atoms with Crippen LogP contribution in [-0.4, -0.2) is 23.8 Å². The molecule has 1 aliphatic carbocycles. The van der Waals surface area contributed by atoms with Crippen molar-refractivity contribution >= 4 is 22.7 Å². The zero-order valence-corrected chi connectivity index (χ0v) is 14.0. The number of benzene rings is 2. The second kappa shape index (κ2) is 6.20. The number of ketones is 1. The van der Waals surface area contributed by atoms with Crippen LogP contribution in [-0.2, 0) is 11.2 Å². The molecule has 0 spiro atoms. The van der Waals surface area contributed by atoms with Crippen molar-refractivity contribution in [2.45, 2.75) is 25.2 Å². The van der Waals surface area contributed by atoms with Gasteiger partial charge in [0.15, 0.2) is 5.78 Å². The molecule has 4 heteroatoms. The van der Waals surface area contributed by atoms with E-state index in [1.165, 1.54) is 12.7 Å². The van der Waals surface area contributed by atoms with E-state index in [-0.39, 0.29) is 11.7 Å². The van der Waals surface area contributed by atoms with Crippen LogP contribution in [0.3, 0.4) is 0 Å². The second-order valence-corrected chi connectivity index (χ2v) is 6.48. The largest absolute Gasteiger partial charge is 0.465 e. The predicted octanol–water partition coefficient (Wildman–Crippen LogP) is 4.26. The third-order valence-corrected chi connectivity index (χ3v) is 4.99. The molecule has 1 aliphatic rings. The fourth-order valence-corrected chi connectivity index (χ4v) is 3.82. The zero-order chi connectivity index (χ0) is 17.4. The topological polar surface area (TPSA) is 59.2 Å². The van der Waals surface area contributed by atoms with Gasteiger partial charge in [0.2, 0.25) is 0 Å². The number of aromatic amines is 1. The van der Waals surface area contributed by atoms with Gasteiger partial charge in [0, 0.05) is 34.5 Å². The fraction of sp³-hybridized carbons (Fsp3) is 0.238. The van der Waals surface area contributed by atoms with Crippen molar-refractivity contribution in [1.29, 1.82) is 0 Å². The van der Waals surface area contributed by atoms with Crippen molar-refractivity contribution in [3.63, 3.8) is 0 Å². The number of hydrogen-bond donors (Lipinski definition) is 1. The maximum atomic E-state index is 12.6. The minimum atomic E-state index is -0.412. The summed E-state index contributed by atoms with van der Waals surface area (Å²) in [5.41, 5.74) is 4.14. The predicted molar refractivity (Wildman–Crippen MR) is 96.1 cm³/mol. The Labute approximate surface area is 145 Å². The Balaban J connectivity index is 1.85. The Bertz CT molecular complexity index is 956. The van der Waals surface area contributed by atoms with E-state index in [9.17, 15) is 9.59 Å². The van der Waals surface area contributed by atoms with Gasteiger partial charge < -0.3 is 9.72 Å². The van der Waals surface area contributed by atoms with Crippen LogP contribution in [0, 0.1) is 0 Å². The highest BCUT2D eigenvalue weighted by Crippen LogP contribution is 2.39. The summed E-state index contributed by atoms with van der Waals surface area (Å²) >= 11 is 0. The number of hydrogen-bond acceptors (Lipinski definition) is 3. The third-order valence-electron chi connectivity index (χ3n) is 4.99. The van der Waals surface area contributed by atoms with Crippen LogP contribution in [0.15, 0.2) is 48.5 Å². The van der Waals surface area contributed by atoms with E-state index in [0.29, 0.717) is 22.9 Å². The van der Waals surface area contributed by atoms with Crippen LogP contribution in [0.2, 0.25) is 0 Å². The molecule has 126 valence electrons. The van der Waals surface area contributed by atoms with Crippen molar-refractivity contribution in [3.05, 3.63) is 70.9 Å². The van der Waals surface area contributed by atoms with Gasteiger partial charge in [-0.1, -0.05) is 36.4 Å². The molecule has 25 heavy (non-hydrogen) atoms. The van der Waals surface area contributed by atoms with Crippen LogP contribution < -0.4 is 0 Å². The van der Waals surface area contributed by atoms with E-state index in [1.54, 1.807) is 6.07 Å². The quantitative estimate of drug-likeness (QED) is 0.729. The van der Waals surface area contributed by atoms with Crippen molar-refractivity contribution in [2.24, 2.45) is 0 Å². The smallest absolute Gasteiger partial charge is 0.338 e. The maximum absolute atomic E-state index is 12.6. The fourth-order valence-electron chi connectivity index (χ4n) is 3.82. The summed E-state index contributed by atoms with van der Waals surface area (Å²) in [4.78, 5) is 28.2. The number of methoxy groups -OCH3 is 1. The van der Waals surface area contributed by atoms with Crippen molar-refractivity contribution in [2.75, 3.05) is 7.11 Å². The Morgan fingerprint density at radius 1 is 1.16 bits per heavy atom. The molecule has 0 bridgehead atoms. The number of ether oxygens (including phenoxy) is 1. The molecule has 0 fully saturated rings. The SMILES string of the molecule is COC(=O)c1cccc2[nH]c3c(c12)C(=O)CCC3Cc1ccccc1. The standard InChI is InChI=1S/C21H19NO3/c1-25-21(24)15-8-5-9-16-18(15)19-17(23)11-10-14(20(19)22-16)12-13-6-3-2-4-7-13/h2-9,14,22H,10-12H2,1H3. The van der Waals surface area contributed by atoms with E-state index >= 15 is 0 Å². The molecule has 1 heterocycles.